The zero-order valence-electron chi connectivity index (χ0n) is 18.2. The Balaban J connectivity index is 1.85. The molecule has 0 aliphatic carbocycles. The number of hydrogen-bond acceptors (Lipinski definition) is 6. The van der Waals surface area contributed by atoms with Crippen molar-refractivity contribution in [2.75, 3.05) is 38.0 Å². The van der Waals surface area contributed by atoms with Crippen LogP contribution < -0.4 is 14.5 Å². The molecular weight excluding hydrogens is 408 g/mol. The quantitative estimate of drug-likeness (QED) is 0.627. The molecule has 7 nitrogen and oxygen atoms in total. The van der Waals surface area contributed by atoms with E-state index in [1.54, 1.807) is 0 Å². The second kappa shape index (κ2) is 6.75. The minimum Gasteiger partial charge on any atom is -0.478 e. The summed E-state index contributed by atoms with van der Waals surface area (Å²) in [6.45, 7) is 0. The van der Waals surface area contributed by atoms with Gasteiger partial charge in [0.05, 0.1) is 11.1 Å². The maximum Gasteiger partial charge on any atom is 0.340 e. The van der Waals surface area contributed by atoms with Gasteiger partial charge >= 0.3 is 11.9 Å². The molecule has 2 heterocycles. The van der Waals surface area contributed by atoms with E-state index in [0.717, 1.165) is 11.4 Å². The summed E-state index contributed by atoms with van der Waals surface area (Å²) in [5.74, 6) is -0.452. The molecule has 5 rings (SSSR count). The number of esters is 1. The number of benzene rings is 3. The Hall–Kier alpha value is -4.00. The van der Waals surface area contributed by atoms with Gasteiger partial charge in [-0.3, -0.25) is 0 Å². The van der Waals surface area contributed by atoms with Crippen LogP contribution in [0.25, 0.3) is 0 Å². The van der Waals surface area contributed by atoms with Gasteiger partial charge in [0.15, 0.2) is 5.60 Å². The average molecular weight is 430 g/mol. The number of aromatic carboxylic acids is 1. The van der Waals surface area contributed by atoms with E-state index < -0.39 is 17.5 Å². The van der Waals surface area contributed by atoms with Crippen molar-refractivity contribution in [2.24, 2.45) is 0 Å². The van der Waals surface area contributed by atoms with Gasteiger partial charge in [-0.1, -0.05) is 0 Å². The second-order valence-electron chi connectivity index (χ2n) is 8.39. The fourth-order valence-corrected chi connectivity index (χ4v) is 4.39. The van der Waals surface area contributed by atoms with Gasteiger partial charge in [-0.05, 0) is 42.5 Å². The van der Waals surface area contributed by atoms with Crippen LogP contribution in [0.5, 0.6) is 11.5 Å². The summed E-state index contributed by atoms with van der Waals surface area (Å²) in [5.41, 5.74) is 2.81. The lowest BCUT2D eigenvalue weighted by molar-refractivity contribution is 0.0224. The molecule has 7 heteroatoms. The van der Waals surface area contributed by atoms with Crippen LogP contribution in [0, 0.1) is 0 Å². The summed E-state index contributed by atoms with van der Waals surface area (Å²) < 4.78 is 12.4. The first-order chi connectivity index (χ1) is 15.2. The number of anilines is 2. The summed E-state index contributed by atoms with van der Waals surface area (Å²) in [7, 11) is 7.73. The number of carbonyl (C=O) groups is 2. The van der Waals surface area contributed by atoms with Crippen LogP contribution in [0.3, 0.4) is 0 Å². The van der Waals surface area contributed by atoms with Crippen LogP contribution in [0.1, 0.15) is 37.4 Å². The van der Waals surface area contributed by atoms with Gasteiger partial charge < -0.3 is 24.4 Å². The zero-order chi connectivity index (χ0) is 22.8. The summed E-state index contributed by atoms with van der Waals surface area (Å²) in [6.07, 6.45) is 0. The number of hydrogen-bond donors (Lipinski definition) is 1. The van der Waals surface area contributed by atoms with Crippen molar-refractivity contribution in [3.8, 4) is 11.5 Å². The summed E-state index contributed by atoms with van der Waals surface area (Å²) in [4.78, 5) is 28.6. The lowest BCUT2D eigenvalue weighted by Crippen LogP contribution is -2.33. The number of rotatable bonds is 3. The molecule has 1 N–H and O–H groups in total. The molecule has 162 valence electrons. The molecule has 2 aliphatic heterocycles. The van der Waals surface area contributed by atoms with Crippen molar-refractivity contribution in [2.45, 2.75) is 5.60 Å². The minimum absolute atomic E-state index is 0.0887. The summed E-state index contributed by atoms with van der Waals surface area (Å²) in [6, 6.07) is 15.9. The minimum atomic E-state index is -1.30. The molecule has 0 aromatic heterocycles. The van der Waals surface area contributed by atoms with Crippen molar-refractivity contribution in [1.82, 2.24) is 0 Å². The molecule has 0 saturated heterocycles. The standard InChI is InChI=1S/C25H22N2O5/c1-26(2)15-6-9-18-21(12-15)31-22-13-16(27(3)4)7-10-19(22)25(18)20-11-14(23(28)29)5-8-17(20)24(30)32-25/h5-13H,1-4H3,(H,28,29). The van der Waals surface area contributed by atoms with Crippen molar-refractivity contribution in [1.29, 1.82) is 0 Å². The molecule has 1 spiro atoms. The van der Waals surface area contributed by atoms with Crippen LogP contribution in [-0.2, 0) is 10.3 Å². The van der Waals surface area contributed by atoms with Gasteiger partial charge in [0, 0.05) is 68.4 Å². The van der Waals surface area contributed by atoms with Crippen molar-refractivity contribution < 1.29 is 24.2 Å². The monoisotopic (exact) mass is 430 g/mol. The highest BCUT2D eigenvalue weighted by Crippen LogP contribution is 2.57. The third kappa shape index (κ3) is 2.67. The Morgan fingerprint density at radius 2 is 1.38 bits per heavy atom. The highest BCUT2D eigenvalue weighted by atomic mass is 16.6. The van der Waals surface area contributed by atoms with Crippen LogP contribution in [0.2, 0.25) is 0 Å². The highest BCUT2D eigenvalue weighted by molar-refractivity contribution is 5.99. The van der Waals surface area contributed by atoms with Gasteiger partial charge in [-0.2, -0.15) is 0 Å². The SMILES string of the molecule is CN(C)c1ccc2c(c1)Oc1cc(N(C)C)ccc1C21OC(=O)c2ccc(C(=O)O)cc21. The molecule has 0 unspecified atom stereocenters. The average Bonchev–Trinajstić information content (AvgIpc) is 3.05. The lowest BCUT2D eigenvalue weighted by atomic mass is 9.77. The topological polar surface area (TPSA) is 79.3 Å². The lowest BCUT2D eigenvalue weighted by Gasteiger charge is -2.37. The van der Waals surface area contributed by atoms with Gasteiger partial charge in [0.1, 0.15) is 11.5 Å². The second-order valence-corrected chi connectivity index (χ2v) is 8.39. The van der Waals surface area contributed by atoms with Crippen LogP contribution in [-0.4, -0.2) is 45.2 Å². The van der Waals surface area contributed by atoms with Crippen molar-refractivity contribution in [3.63, 3.8) is 0 Å². The molecule has 2 aliphatic rings. The van der Waals surface area contributed by atoms with E-state index in [1.165, 1.54) is 18.2 Å². The molecule has 0 saturated carbocycles. The van der Waals surface area contributed by atoms with E-state index in [-0.39, 0.29) is 5.56 Å². The maximum absolute atomic E-state index is 13.0. The summed E-state index contributed by atoms with van der Waals surface area (Å²) >= 11 is 0. The first kappa shape index (κ1) is 19.9. The molecule has 3 aromatic rings. The Labute approximate surface area is 185 Å². The van der Waals surface area contributed by atoms with Crippen LogP contribution in [0.15, 0.2) is 54.6 Å². The predicted molar refractivity (Wildman–Crippen MR) is 120 cm³/mol. The number of nitrogens with zero attached hydrogens (tertiary/aromatic N) is 2. The van der Waals surface area contributed by atoms with E-state index in [1.807, 2.05) is 74.4 Å². The molecule has 0 bridgehead atoms. The van der Waals surface area contributed by atoms with Gasteiger partial charge in [-0.25, -0.2) is 9.59 Å². The van der Waals surface area contributed by atoms with Crippen molar-refractivity contribution >= 4 is 23.3 Å². The van der Waals surface area contributed by atoms with Crippen LogP contribution in [0.4, 0.5) is 11.4 Å². The predicted octanol–water partition coefficient (Wildman–Crippen LogP) is 4.08. The maximum atomic E-state index is 13.0. The molecule has 0 atom stereocenters. The number of ether oxygens (including phenoxy) is 2. The smallest absolute Gasteiger partial charge is 0.340 e. The Morgan fingerprint density at radius 1 is 0.812 bits per heavy atom. The molecule has 32 heavy (non-hydrogen) atoms. The fraction of sp³-hybridized carbons (Fsp3) is 0.200. The molecule has 0 radical (unpaired) electrons. The highest BCUT2D eigenvalue weighted by Gasteiger charge is 2.53. The summed E-state index contributed by atoms with van der Waals surface area (Å²) in [5, 5.41) is 9.59. The van der Waals surface area contributed by atoms with Gasteiger partial charge in [0.25, 0.3) is 0 Å². The normalized spacial score (nSPS) is 14.7. The molecular formula is C25H22N2O5. The number of carboxylic acid groups (broad SMARTS) is 1. The van der Waals surface area contributed by atoms with E-state index in [2.05, 4.69) is 0 Å². The Morgan fingerprint density at radius 3 is 1.88 bits per heavy atom. The molecule has 3 aromatic carbocycles. The van der Waals surface area contributed by atoms with E-state index in [0.29, 0.717) is 33.8 Å². The van der Waals surface area contributed by atoms with E-state index >= 15 is 0 Å². The fourth-order valence-electron chi connectivity index (χ4n) is 4.39. The Bertz CT molecular complexity index is 1240. The van der Waals surface area contributed by atoms with Gasteiger partial charge in [0.2, 0.25) is 0 Å². The largest absolute Gasteiger partial charge is 0.478 e. The number of carboxylic acids is 1. The first-order valence-electron chi connectivity index (χ1n) is 10.1. The Kier molecular flexibility index (Phi) is 4.20. The zero-order valence-corrected chi connectivity index (χ0v) is 18.2. The molecule has 0 amide bonds. The third-order valence-corrected chi connectivity index (χ3v) is 6.05. The molecule has 0 fully saturated rings. The first-order valence-corrected chi connectivity index (χ1v) is 10.1. The van der Waals surface area contributed by atoms with E-state index in [9.17, 15) is 14.7 Å². The van der Waals surface area contributed by atoms with E-state index in [4.69, 9.17) is 9.47 Å². The van der Waals surface area contributed by atoms with Crippen molar-refractivity contribution in [3.05, 3.63) is 82.4 Å². The number of carbonyl (C=O) groups excluding carboxylic acids is 1. The van der Waals surface area contributed by atoms with Gasteiger partial charge in [-0.15, -0.1) is 0 Å². The van der Waals surface area contributed by atoms with Crippen LogP contribution >= 0.6 is 0 Å². The number of fused-ring (bicyclic) bond motifs is 6. The third-order valence-electron chi connectivity index (χ3n) is 6.05.